The van der Waals surface area contributed by atoms with Gasteiger partial charge in [-0.15, -0.1) is 0 Å². The lowest BCUT2D eigenvalue weighted by molar-refractivity contribution is 0.615. The number of halogens is 1. The number of anilines is 2. The van der Waals surface area contributed by atoms with E-state index in [1.54, 1.807) is 6.07 Å². The van der Waals surface area contributed by atoms with E-state index in [1.165, 1.54) is 23.9 Å². The molecule has 0 amide bonds. The van der Waals surface area contributed by atoms with Crippen molar-refractivity contribution in [3.63, 3.8) is 0 Å². The number of pyridine rings is 1. The summed E-state index contributed by atoms with van der Waals surface area (Å²) in [4.78, 5) is 6.60. The minimum atomic E-state index is -0.285. The van der Waals surface area contributed by atoms with Gasteiger partial charge in [-0.05, 0) is 44.0 Å². The van der Waals surface area contributed by atoms with Gasteiger partial charge in [0.05, 0.1) is 6.20 Å². The minimum Gasteiger partial charge on any atom is -0.326 e. The minimum absolute atomic E-state index is 0.285. The zero-order chi connectivity index (χ0) is 14.7. The lowest BCUT2D eigenvalue weighted by atomic mass is 10.1. The van der Waals surface area contributed by atoms with E-state index in [9.17, 15) is 4.39 Å². The number of hydrogen-bond donors (Lipinski definition) is 1. The first kappa shape index (κ1) is 14.0. The van der Waals surface area contributed by atoms with E-state index in [4.69, 9.17) is 0 Å². The summed E-state index contributed by atoms with van der Waals surface area (Å²) in [6.07, 6.45) is 4.69. The molecular weight excluding hydrogens is 265 g/mol. The van der Waals surface area contributed by atoms with Gasteiger partial charge in [-0.1, -0.05) is 18.2 Å². The standard InChI is InChI=1S/C17H20FN3/c1-19-11-14-10-15(18)12-20-17(14)21-9-5-4-7-13-6-2-3-8-16(13)21/h2-3,6,8,10,12,19H,4-5,7,9,11H2,1H3. The van der Waals surface area contributed by atoms with Crippen molar-refractivity contribution >= 4 is 11.5 Å². The molecule has 3 nitrogen and oxygen atoms in total. The fraction of sp³-hybridized carbons (Fsp3) is 0.353. The Morgan fingerprint density at radius 1 is 1.29 bits per heavy atom. The van der Waals surface area contributed by atoms with Crippen LogP contribution in [0.4, 0.5) is 15.9 Å². The number of rotatable bonds is 3. The monoisotopic (exact) mass is 285 g/mol. The molecule has 110 valence electrons. The summed E-state index contributed by atoms with van der Waals surface area (Å²) in [5.74, 6) is 0.576. The highest BCUT2D eigenvalue weighted by Crippen LogP contribution is 2.33. The number of hydrogen-bond acceptors (Lipinski definition) is 3. The summed E-state index contributed by atoms with van der Waals surface area (Å²) in [5, 5.41) is 3.10. The molecule has 4 heteroatoms. The SMILES string of the molecule is CNCc1cc(F)cnc1N1CCCCc2ccccc21. The Kier molecular flexibility index (Phi) is 4.15. The van der Waals surface area contributed by atoms with Crippen LogP contribution in [0.2, 0.25) is 0 Å². The van der Waals surface area contributed by atoms with Gasteiger partial charge in [-0.3, -0.25) is 0 Å². The number of para-hydroxylation sites is 1. The smallest absolute Gasteiger partial charge is 0.141 e. The average molecular weight is 285 g/mol. The maximum absolute atomic E-state index is 13.5. The molecule has 0 aliphatic carbocycles. The van der Waals surface area contributed by atoms with Crippen LogP contribution in [0.1, 0.15) is 24.0 Å². The molecule has 21 heavy (non-hydrogen) atoms. The highest BCUT2D eigenvalue weighted by atomic mass is 19.1. The Morgan fingerprint density at radius 3 is 3.00 bits per heavy atom. The van der Waals surface area contributed by atoms with E-state index in [1.807, 2.05) is 7.05 Å². The Hall–Kier alpha value is -1.94. The lowest BCUT2D eigenvalue weighted by Crippen LogP contribution is -2.22. The van der Waals surface area contributed by atoms with E-state index in [0.717, 1.165) is 30.8 Å². The van der Waals surface area contributed by atoms with E-state index >= 15 is 0 Å². The van der Waals surface area contributed by atoms with E-state index in [2.05, 4.69) is 39.5 Å². The molecule has 1 aliphatic heterocycles. The summed E-state index contributed by atoms with van der Waals surface area (Å²) in [6.45, 7) is 1.53. The number of nitrogens with one attached hydrogen (secondary N) is 1. The summed E-state index contributed by atoms with van der Waals surface area (Å²) in [5.41, 5.74) is 3.44. The van der Waals surface area contributed by atoms with E-state index in [-0.39, 0.29) is 5.82 Å². The topological polar surface area (TPSA) is 28.2 Å². The second kappa shape index (κ2) is 6.22. The molecule has 3 rings (SSSR count). The quantitative estimate of drug-likeness (QED) is 0.936. The number of benzene rings is 1. The van der Waals surface area contributed by atoms with Crippen LogP contribution in [0.5, 0.6) is 0 Å². The van der Waals surface area contributed by atoms with Gasteiger partial charge in [0.15, 0.2) is 0 Å². The van der Waals surface area contributed by atoms with Crippen LogP contribution in [0.15, 0.2) is 36.5 Å². The van der Waals surface area contributed by atoms with Gasteiger partial charge >= 0.3 is 0 Å². The van der Waals surface area contributed by atoms with Crippen molar-refractivity contribution in [3.8, 4) is 0 Å². The van der Waals surface area contributed by atoms with Crippen molar-refractivity contribution in [2.24, 2.45) is 0 Å². The highest BCUT2D eigenvalue weighted by molar-refractivity contribution is 5.66. The van der Waals surface area contributed by atoms with Crippen molar-refractivity contribution in [2.45, 2.75) is 25.8 Å². The van der Waals surface area contributed by atoms with Gasteiger partial charge in [0.25, 0.3) is 0 Å². The summed E-state index contributed by atoms with van der Waals surface area (Å²) in [6, 6.07) is 10.0. The highest BCUT2D eigenvalue weighted by Gasteiger charge is 2.20. The Balaban J connectivity index is 2.07. The molecule has 1 aromatic carbocycles. The fourth-order valence-corrected chi connectivity index (χ4v) is 2.95. The molecule has 2 aromatic rings. The van der Waals surface area contributed by atoms with Gasteiger partial charge in [0.2, 0.25) is 0 Å². The maximum atomic E-state index is 13.5. The van der Waals surface area contributed by atoms with Crippen LogP contribution >= 0.6 is 0 Å². The molecule has 0 bridgehead atoms. The Bertz CT molecular complexity index is 627. The van der Waals surface area contributed by atoms with Gasteiger partial charge in [-0.25, -0.2) is 9.37 Å². The fourth-order valence-electron chi connectivity index (χ4n) is 2.95. The molecule has 0 unspecified atom stereocenters. The first-order valence-electron chi connectivity index (χ1n) is 7.44. The third-order valence-electron chi connectivity index (χ3n) is 3.89. The number of nitrogens with zero attached hydrogens (tertiary/aromatic N) is 2. The third-order valence-corrected chi connectivity index (χ3v) is 3.89. The van der Waals surface area contributed by atoms with Crippen molar-refractivity contribution in [3.05, 3.63) is 53.5 Å². The van der Waals surface area contributed by atoms with Crippen molar-refractivity contribution in [1.82, 2.24) is 10.3 Å². The summed E-state index contributed by atoms with van der Waals surface area (Å²) >= 11 is 0. The first-order chi connectivity index (χ1) is 10.3. The summed E-state index contributed by atoms with van der Waals surface area (Å²) in [7, 11) is 1.87. The van der Waals surface area contributed by atoms with Crippen molar-refractivity contribution in [2.75, 3.05) is 18.5 Å². The van der Waals surface area contributed by atoms with Gasteiger partial charge < -0.3 is 10.2 Å². The van der Waals surface area contributed by atoms with Crippen LogP contribution in [-0.4, -0.2) is 18.6 Å². The second-order valence-electron chi connectivity index (χ2n) is 5.40. The Labute approximate surface area is 124 Å². The van der Waals surface area contributed by atoms with Gasteiger partial charge in [0.1, 0.15) is 11.6 Å². The molecule has 0 saturated heterocycles. The normalized spacial score (nSPS) is 14.7. The average Bonchev–Trinajstić information content (AvgIpc) is 2.70. The van der Waals surface area contributed by atoms with Crippen LogP contribution < -0.4 is 10.2 Å². The molecule has 0 atom stereocenters. The van der Waals surface area contributed by atoms with Gasteiger partial charge in [-0.2, -0.15) is 0 Å². The van der Waals surface area contributed by atoms with Crippen LogP contribution in [0.25, 0.3) is 0 Å². The van der Waals surface area contributed by atoms with Crippen LogP contribution in [0, 0.1) is 5.82 Å². The number of aromatic nitrogens is 1. The molecular formula is C17H20FN3. The molecule has 0 saturated carbocycles. The van der Waals surface area contributed by atoms with E-state index in [0.29, 0.717) is 6.54 Å². The lowest BCUT2D eigenvalue weighted by Gasteiger charge is -2.26. The third kappa shape index (κ3) is 2.90. The maximum Gasteiger partial charge on any atom is 0.141 e. The second-order valence-corrected chi connectivity index (χ2v) is 5.40. The number of fused-ring (bicyclic) bond motifs is 1. The van der Waals surface area contributed by atoms with Crippen LogP contribution in [0.3, 0.4) is 0 Å². The van der Waals surface area contributed by atoms with E-state index < -0.39 is 0 Å². The zero-order valence-corrected chi connectivity index (χ0v) is 12.3. The molecule has 1 aliphatic rings. The number of aryl methyl sites for hydroxylation is 1. The molecule has 0 fully saturated rings. The largest absolute Gasteiger partial charge is 0.326 e. The first-order valence-corrected chi connectivity index (χ1v) is 7.44. The van der Waals surface area contributed by atoms with Crippen molar-refractivity contribution in [1.29, 1.82) is 0 Å². The Morgan fingerprint density at radius 2 is 2.14 bits per heavy atom. The molecule has 0 spiro atoms. The van der Waals surface area contributed by atoms with Crippen molar-refractivity contribution < 1.29 is 4.39 Å². The predicted octanol–water partition coefficient (Wildman–Crippen LogP) is 3.41. The van der Waals surface area contributed by atoms with Gasteiger partial charge in [0, 0.05) is 24.3 Å². The molecule has 0 radical (unpaired) electrons. The van der Waals surface area contributed by atoms with Crippen LogP contribution in [-0.2, 0) is 13.0 Å². The zero-order valence-electron chi connectivity index (χ0n) is 12.3. The molecule has 2 heterocycles. The molecule has 1 aromatic heterocycles. The summed E-state index contributed by atoms with van der Waals surface area (Å²) < 4.78 is 13.5. The predicted molar refractivity (Wildman–Crippen MR) is 83.3 cm³/mol. The molecule has 1 N–H and O–H groups in total.